The predicted molar refractivity (Wildman–Crippen MR) is 96.4 cm³/mol. The van der Waals surface area contributed by atoms with E-state index >= 15 is 0 Å². The van der Waals surface area contributed by atoms with E-state index in [0.29, 0.717) is 36.5 Å². The van der Waals surface area contributed by atoms with Gasteiger partial charge in [-0.05, 0) is 45.1 Å². The fourth-order valence-electron chi connectivity index (χ4n) is 3.07. The lowest BCUT2D eigenvalue weighted by Crippen LogP contribution is -2.53. The summed E-state index contributed by atoms with van der Waals surface area (Å²) in [5, 5.41) is 3.72. The van der Waals surface area contributed by atoms with Crippen LogP contribution < -0.4 is 16.6 Å². The molecule has 0 saturated heterocycles. The zero-order valence-electron chi connectivity index (χ0n) is 14.4. The summed E-state index contributed by atoms with van der Waals surface area (Å²) in [5.74, 6) is 0.999. The summed E-state index contributed by atoms with van der Waals surface area (Å²) in [7, 11) is 0. The molecule has 0 aliphatic heterocycles. The maximum absolute atomic E-state index is 12.2. The van der Waals surface area contributed by atoms with Gasteiger partial charge in [0.15, 0.2) is 0 Å². The molecule has 2 heterocycles. The smallest absolute Gasteiger partial charge is 0.259 e. The topological polar surface area (TPSA) is 101 Å². The molecule has 1 unspecified atom stereocenters. The van der Waals surface area contributed by atoms with Crippen molar-refractivity contribution in [1.82, 2.24) is 15.3 Å². The third kappa shape index (κ3) is 3.23. The first-order valence-corrected chi connectivity index (χ1v) is 9.15. The number of hydrogen-bond donors (Lipinski definition) is 3. The number of nitrogens with two attached hydrogens (primary N) is 1. The number of fused-ring (bicyclic) bond motifs is 1. The summed E-state index contributed by atoms with van der Waals surface area (Å²) in [5.41, 5.74) is 6.37. The fourth-order valence-corrected chi connectivity index (χ4v) is 4.12. The Hall–Kier alpha value is -1.73. The molecule has 7 heteroatoms. The highest BCUT2D eigenvalue weighted by Gasteiger charge is 2.41. The fraction of sp³-hybridized carbons (Fsp3) is 0.588. The van der Waals surface area contributed by atoms with Gasteiger partial charge in [-0.1, -0.05) is 0 Å². The normalized spacial score (nSPS) is 17.0. The van der Waals surface area contributed by atoms with Gasteiger partial charge in [-0.25, -0.2) is 4.98 Å². The van der Waals surface area contributed by atoms with Gasteiger partial charge in [-0.3, -0.25) is 9.59 Å². The quantitative estimate of drug-likeness (QED) is 0.740. The number of aromatic amines is 1. The second-order valence-corrected chi connectivity index (χ2v) is 8.12. The van der Waals surface area contributed by atoms with Crippen molar-refractivity contribution in [2.75, 3.05) is 6.54 Å². The van der Waals surface area contributed by atoms with E-state index in [9.17, 15) is 9.59 Å². The lowest BCUT2D eigenvalue weighted by Gasteiger charge is -2.29. The van der Waals surface area contributed by atoms with Crippen LogP contribution in [0.5, 0.6) is 0 Å². The van der Waals surface area contributed by atoms with Gasteiger partial charge < -0.3 is 16.0 Å². The Kier molecular flexibility index (Phi) is 4.48. The van der Waals surface area contributed by atoms with Crippen molar-refractivity contribution in [3.8, 4) is 0 Å². The SMILES string of the molecule is Cc1sc2nc(CCC(=O)NC(C)(CN)C3CC3)[nH]c(=O)c2c1C. The van der Waals surface area contributed by atoms with E-state index in [1.54, 1.807) is 0 Å². The molecule has 130 valence electrons. The largest absolute Gasteiger partial charge is 0.349 e. The highest BCUT2D eigenvalue weighted by Crippen LogP contribution is 2.39. The zero-order valence-corrected chi connectivity index (χ0v) is 15.2. The second kappa shape index (κ2) is 6.29. The third-order valence-corrected chi connectivity index (χ3v) is 6.11. The molecule has 0 radical (unpaired) electrons. The van der Waals surface area contributed by atoms with Crippen LogP contribution in [0, 0.1) is 19.8 Å². The van der Waals surface area contributed by atoms with Crippen LogP contribution in [0.25, 0.3) is 10.2 Å². The van der Waals surface area contributed by atoms with Crippen LogP contribution in [0.2, 0.25) is 0 Å². The predicted octanol–water partition coefficient (Wildman–Crippen LogP) is 1.78. The Morgan fingerprint density at radius 2 is 2.17 bits per heavy atom. The number of aromatic nitrogens is 2. The average molecular weight is 348 g/mol. The Balaban J connectivity index is 1.69. The molecular weight excluding hydrogens is 324 g/mol. The van der Waals surface area contributed by atoms with Gasteiger partial charge in [0.05, 0.1) is 10.9 Å². The molecule has 0 bridgehead atoms. The van der Waals surface area contributed by atoms with Gasteiger partial charge >= 0.3 is 0 Å². The molecule has 6 nitrogen and oxygen atoms in total. The van der Waals surface area contributed by atoms with Gasteiger partial charge in [0, 0.05) is 24.3 Å². The first-order chi connectivity index (χ1) is 11.3. The number of hydrogen-bond acceptors (Lipinski definition) is 5. The number of carbonyl (C=O) groups excluding carboxylic acids is 1. The first kappa shape index (κ1) is 17.1. The number of nitrogens with one attached hydrogen (secondary N) is 2. The summed E-state index contributed by atoms with van der Waals surface area (Å²) in [6, 6.07) is 0. The van der Waals surface area contributed by atoms with Crippen molar-refractivity contribution in [3.63, 3.8) is 0 Å². The molecule has 0 aromatic carbocycles. The Labute approximate surface area is 144 Å². The minimum Gasteiger partial charge on any atom is -0.349 e. The van der Waals surface area contributed by atoms with Crippen LogP contribution in [0.4, 0.5) is 0 Å². The number of nitrogens with zero attached hydrogens (tertiary/aromatic N) is 1. The van der Waals surface area contributed by atoms with Gasteiger partial charge in [-0.15, -0.1) is 11.3 Å². The average Bonchev–Trinajstić information content (AvgIpc) is 3.33. The molecule has 3 rings (SSSR count). The van der Waals surface area contributed by atoms with Gasteiger partial charge in [0.1, 0.15) is 10.7 Å². The van der Waals surface area contributed by atoms with Gasteiger partial charge in [-0.2, -0.15) is 0 Å². The number of H-pyrrole nitrogens is 1. The van der Waals surface area contributed by atoms with Crippen molar-refractivity contribution in [3.05, 3.63) is 26.6 Å². The highest BCUT2D eigenvalue weighted by molar-refractivity contribution is 7.18. The highest BCUT2D eigenvalue weighted by atomic mass is 32.1. The van der Waals surface area contributed by atoms with E-state index in [1.807, 2.05) is 20.8 Å². The maximum atomic E-state index is 12.2. The van der Waals surface area contributed by atoms with Gasteiger partial charge in [0.2, 0.25) is 5.91 Å². The van der Waals surface area contributed by atoms with E-state index in [4.69, 9.17) is 5.73 Å². The number of rotatable bonds is 6. The minimum atomic E-state index is -0.316. The van der Waals surface area contributed by atoms with E-state index in [-0.39, 0.29) is 17.0 Å². The molecule has 0 spiro atoms. The van der Waals surface area contributed by atoms with Crippen molar-refractivity contribution < 1.29 is 4.79 Å². The maximum Gasteiger partial charge on any atom is 0.259 e. The van der Waals surface area contributed by atoms with E-state index < -0.39 is 0 Å². The van der Waals surface area contributed by atoms with Crippen LogP contribution in [-0.2, 0) is 11.2 Å². The second-order valence-electron chi connectivity index (χ2n) is 6.92. The lowest BCUT2D eigenvalue weighted by molar-refractivity contribution is -0.123. The van der Waals surface area contributed by atoms with E-state index in [2.05, 4.69) is 15.3 Å². The molecule has 24 heavy (non-hydrogen) atoms. The standard InChI is InChI=1S/C17H24N4O2S/c1-9-10(2)24-16-14(9)15(23)19-12(20-16)6-7-13(22)21-17(3,8-18)11-4-5-11/h11H,4-8,18H2,1-3H3,(H,21,22)(H,19,20,23). The van der Waals surface area contributed by atoms with Crippen LogP contribution in [0.15, 0.2) is 4.79 Å². The molecule has 2 aromatic heterocycles. The summed E-state index contributed by atoms with van der Waals surface area (Å²) < 4.78 is 0. The molecule has 4 N–H and O–H groups in total. The number of thiophene rings is 1. The molecule has 1 aliphatic carbocycles. The number of carbonyl (C=O) groups is 1. The van der Waals surface area contributed by atoms with Crippen LogP contribution >= 0.6 is 11.3 Å². The molecule has 1 atom stereocenters. The van der Waals surface area contributed by atoms with Crippen molar-refractivity contribution in [1.29, 1.82) is 0 Å². The molecule has 1 amide bonds. The number of aryl methyl sites for hydroxylation is 3. The van der Waals surface area contributed by atoms with E-state index in [0.717, 1.165) is 28.1 Å². The van der Waals surface area contributed by atoms with Crippen LogP contribution in [0.3, 0.4) is 0 Å². The Bertz CT molecular complexity index is 837. The molecule has 2 aromatic rings. The zero-order chi connectivity index (χ0) is 17.5. The minimum absolute atomic E-state index is 0.0452. The van der Waals surface area contributed by atoms with E-state index in [1.165, 1.54) is 11.3 Å². The Morgan fingerprint density at radius 3 is 2.79 bits per heavy atom. The van der Waals surface area contributed by atoms with Crippen molar-refractivity contribution >= 4 is 27.5 Å². The van der Waals surface area contributed by atoms with Crippen molar-refractivity contribution in [2.24, 2.45) is 11.7 Å². The lowest BCUT2D eigenvalue weighted by atomic mass is 9.95. The molecule has 1 saturated carbocycles. The third-order valence-electron chi connectivity index (χ3n) is 5.00. The molecule has 1 fully saturated rings. The van der Waals surface area contributed by atoms with Crippen LogP contribution in [0.1, 0.15) is 42.5 Å². The van der Waals surface area contributed by atoms with Crippen molar-refractivity contribution in [2.45, 2.75) is 52.0 Å². The summed E-state index contributed by atoms with van der Waals surface area (Å²) in [6.45, 7) is 6.37. The monoisotopic (exact) mass is 348 g/mol. The van der Waals surface area contributed by atoms with Gasteiger partial charge in [0.25, 0.3) is 5.56 Å². The summed E-state index contributed by atoms with van der Waals surface area (Å²) >= 11 is 1.52. The number of amides is 1. The molecular formula is C17H24N4O2S. The van der Waals surface area contributed by atoms with Crippen LogP contribution in [-0.4, -0.2) is 28.0 Å². The summed E-state index contributed by atoms with van der Waals surface area (Å²) in [4.78, 5) is 33.7. The molecule has 1 aliphatic rings. The Morgan fingerprint density at radius 1 is 1.46 bits per heavy atom. The summed E-state index contributed by atoms with van der Waals surface area (Å²) in [6.07, 6.45) is 2.95. The first-order valence-electron chi connectivity index (χ1n) is 8.34.